The summed E-state index contributed by atoms with van der Waals surface area (Å²) in [6.45, 7) is 0.524. The first-order chi connectivity index (χ1) is 9.04. The first kappa shape index (κ1) is 13.5. The minimum Gasteiger partial charge on any atom is -0.477 e. The van der Waals surface area contributed by atoms with E-state index in [9.17, 15) is 9.59 Å². The highest BCUT2D eigenvalue weighted by Crippen LogP contribution is 2.42. The number of nitrogens with zero attached hydrogens (tertiary/aromatic N) is 1. The number of hydrogen-bond donors (Lipinski definition) is 3. The topological polar surface area (TPSA) is 105 Å². The Kier molecular flexibility index (Phi) is 3.80. The van der Waals surface area contributed by atoms with Crippen LogP contribution < -0.4 is 11.1 Å². The SMILES string of the molecule is NCC1(CC(=O)Nc2ccc(C(=O)O)nc2)CCC1. The van der Waals surface area contributed by atoms with Crippen LogP contribution in [0.1, 0.15) is 36.2 Å². The number of carbonyl (C=O) groups is 2. The van der Waals surface area contributed by atoms with Crippen molar-refractivity contribution in [3.8, 4) is 0 Å². The Morgan fingerprint density at radius 3 is 2.58 bits per heavy atom. The summed E-state index contributed by atoms with van der Waals surface area (Å²) in [6.07, 6.45) is 4.86. The van der Waals surface area contributed by atoms with Gasteiger partial charge in [0.2, 0.25) is 5.91 Å². The fourth-order valence-electron chi connectivity index (χ4n) is 2.27. The van der Waals surface area contributed by atoms with Gasteiger partial charge in [-0.1, -0.05) is 6.42 Å². The van der Waals surface area contributed by atoms with Gasteiger partial charge in [-0.2, -0.15) is 0 Å². The number of pyridine rings is 1. The second kappa shape index (κ2) is 5.36. The lowest BCUT2D eigenvalue weighted by molar-refractivity contribution is -0.119. The number of carboxylic acid groups (broad SMARTS) is 1. The molecule has 4 N–H and O–H groups in total. The van der Waals surface area contributed by atoms with Crippen LogP contribution >= 0.6 is 0 Å². The van der Waals surface area contributed by atoms with Crippen LogP contribution in [-0.2, 0) is 4.79 Å². The highest BCUT2D eigenvalue weighted by molar-refractivity contribution is 5.91. The molecule has 0 aliphatic heterocycles. The van der Waals surface area contributed by atoms with Crippen LogP contribution in [-0.4, -0.2) is 28.5 Å². The fourth-order valence-corrected chi connectivity index (χ4v) is 2.27. The Morgan fingerprint density at radius 2 is 2.16 bits per heavy atom. The van der Waals surface area contributed by atoms with E-state index in [0.717, 1.165) is 19.3 Å². The molecule has 0 aromatic carbocycles. The first-order valence-electron chi connectivity index (χ1n) is 6.24. The Morgan fingerprint density at radius 1 is 1.42 bits per heavy atom. The molecule has 0 radical (unpaired) electrons. The van der Waals surface area contributed by atoms with Crippen molar-refractivity contribution in [3.05, 3.63) is 24.0 Å². The highest BCUT2D eigenvalue weighted by Gasteiger charge is 2.37. The third kappa shape index (κ3) is 3.08. The number of anilines is 1. The lowest BCUT2D eigenvalue weighted by atomic mass is 9.66. The molecule has 1 saturated carbocycles. The van der Waals surface area contributed by atoms with Crippen molar-refractivity contribution >= 4 is 17.6 Å². The molecule has 0 bridgehead atoms. The molecule has 2 rings (SSSR count). The van der Waals surface area contributed by atoms with Gasteiger partial charge in [0, 0.05) is 6.42 Å². The molecule has 6 nitrogen and oxygen atoms in total. The number of carbonyl (C=O) groups excluding carboxylic acids is 1. The standard InChI is InChI=1S/C13H17N3O3/c14-8-13(4-1-5-13)6-11(17)16-9-2-3-10(12(18)19)15-7-9/h2-3,7H,1,4-6,8,14H2,(H,16,17)(H,18,19). The molecule has 1 aromatic heterocycles. The van der Waals surface area contributed by atoms with E-state index < -0.39 is 5.97 Å². The third-order valence-corrected chi connectivity index (χ3v) is 3.65. The molecule has 1 aliphatic carbocycles. The van der Waals surface area contributed by atoms with Crippen molar-refractivity contribution in [1.82, 2.24) is 4.98 Å². The maximum Gasteiger partial charge on any atom is 0.354 e. The molecule has 0 spiro atoms. The molecule has 0 saturated heterocycles. The summed E-state index contributed by atoms with van der Waals surface area (Å²) < 4.78 is 0. The van der Waals surface area contributed by atoms with E-state index >= 15 is 0 Å². The highest BCUT2D eigenvalue weighted by atomic mass is 16.4. The van der Waals surface area contributed by atoms with Gasteiger partial charge in [0.25, 0.3) is 0 Å². The van der Waals surface area contributed by atoms with Crippen molar-refractivity contribution in [2.75, 3.05) is 11.9 Å². The van der Waals surface area contributed by atoms with Gasteiger partial charge in [-0.15, -0.1) is 0 Å². The Hall–Kier alpha value is -1.95. The van der Waals surface area contributed by atoms with Gasteiger partial charge in [0.15, 0.2) is 0 Å². The number of amides is 1. The maximum absolute atomic E-state index is 11.9. The van der Waals surface area contributed by atoms with Crippen LogP contribution in [0.25, 0.3) is 0 Å². The Labute approximate surface area is 111 Å². The second-order valence-electron chi connectivity index (χ2n) is 5.02. The summed E-state index contributed by atoms with van der Waals surface area (Å²) in [5, 5.41) is 11.4. The van der Waals surface area contributed by atoms with E-state index in [4.69, 9.17) is 10.8 Å². The molecule has 102 valence electrons. The van der Waals surface area contributed by atoms with Crippen molar-refractivity contribution in [3.63, 3.8) is 0 Å². The summed E-state index contributed by atoms with van der Waals surface area (Å²) in [7, 11) is 0. The monoisotopic (exact) mass is 263 g/mol. The van der Waals surface area contributed by atoms with Crippen LogP contribution in [0.15, 0.2) is 18.3 Å². The summed E-state index contributed by atoms with van der Waals surface area (Å²) in [5.74, 6) is -1.19. The zero-order valence-electron chi connectivity index (χ0n) is 10.6. The zero-order valence-corrected chi connectivity index (χ0v) is 10.6. The van der Waals surface area contributed by atoms with E-state index in [2.05, 4.69) is 10.3 Å². The molecular weight excluding hydrogens is 246 g/mol. The molecule has 0 atom stereocenters. The number of rotatable bonds is 5. The number of aromatic nitrogens is 1. The maximum atomic E-state index is 11.9. The lowest BCUT2D eigenvalue weighted by Gasteiger charge is -2.40. The Bertz CT molecular complexity index is 475. The molecule has 6 heteroatoms. The van der Waals surface area contributed by atoms with Crippen molar-refractivity contribution in [1.29, 1.82) is 0 Å². The average Bonchev–Trinajstić information content (AvgIpc) is 2.34. The van der Waals surface area contributed by atoms with Crippen molar-refractivity contribution < 1.29 is 14.7 Å². The number of nitrogens with one attached hydrogen (secondary N) is 1. The molecular formula is C13H17N3O3. The largest absolute Gasteiger partial charge is 0.477 e. The molecule has 0 unspecified atom stereocenters. The number of carboxylic acids is 1. The minimum absolute atomic E-state index is 0.0431. The number of hydrogen-bond acceptors (Lipinski definition) is 4. The van der Waals surface area contributed by atoms with Gasteiger partial charge >= 0.3 is 5.97 Å². The quantitative estimate of drug-likeness (QED) is 0.741. The van der Waals surface area contributed by atoms with E-state index in [-0.39, 0.29) is 17.0 Å². The fraction of sp³-hybridized carbons (Fsp3) is 0.462. The van der Waals surface area contributed by atoms with Gasteiger partial charge in [0.05, 0.1) is 11.9 Å². The zero-order chi connectivity index (χ0) is 13.9. The lowest BCUT2D eigenvalue weighted by Crippen LogP contribution is -2.40. The first-order valence-corrected chi connectivity index (χ1v) is 6.24. The molecule has 1 fully saturated rings. The Balaban J connectivity index is 1.93. The summed E-state index contributed by atoms with van der Waals surface area (Å²) in [6, 6.07) is 2.89. The number of nitrogens with two attached hydrogens (primary N) is 1. The van der Waals surface area contributed by atoms with Gasteiger partial charge in [-0.05, 0) is 36.9 Å². The van der Waals surface area contributed by atoms with Crippen LogP contribution in [0.5, 0.6) is 0 Å². The van der Waals surface area contributed by atoms with Crippen molar-refractivity contribution in [2.24, 2.45) is 11.1 Å². The van der Waals surface area contributed by atoms with Crippen molar-refractivity contribution in [2.45, 2.75) is 25.7 Å². The van der Waals surface area contributed by atoms with E-state index in [1.807, 2.05) is 0 Å². The van der Waals surface area contributed by atoms with E-state index in [1.165, 1.54) is 18.3 Å². The van der Waals surface area contributed by atoms with Crippen LogP contribution in [0, 0.1) is 5.41 Å². The van der Waals surface area contributed by atoms with Gasteiger partial charge in [0.1, 0.15) is 5.69 Å². The predicted octanol–water partition coefficient (Wildman–Crippen LogP) is 1.24. The van der Waals surface area contributed by atoms with Crippen LogP contribution in [0.2, 0.25) is 0 Å². The second-order valence-corrected chi connectivity index (χ2v) is 5.02. The smallest absolute Gasteiger partial charge is 0.354 e. The van der Waals surface area contributed by atoms with E-state index in [1.54, 1.807) is 0 Å². The van der Waals surface area contributed by atoms with Gasteiger partial charge < -0.3 is 16.2 Å². The average molecular weight is 263 g/mol. The number of aromatic carboxylic acids is 1. The molecule has 1 amide bonds. The van der Waals surface area contributed by atoms with Gasteiger partial charge in [-0.25, -0.2) is 9.78 Å². The van der Waals surface area contributed by atoms with Crippen LogP contribution in [0.3, 0.4) is 0 Å². The third-order valence-electron chi connectivity index (χ3n) is 3.65. The summed E-state index contributed by atoms with van der Waals surface area (Å²) >= 11 is 0. The predicted molar refractivity (Wildman–Crippen MR) is 69.8 cm³/mol. The van der Waals surface area contributed by atoms with Crippen LogP contribution in [0.4, 0.5) is 5.69 Å². The molecule has 1 aromatic rings. The molecule has 1 aliphatic rings. The summed E-state index contributed by atoms with van der Waals surface area (Å²) in [4.78, 5) is 26.3. The summed E-state index contributed by atoms with van der Waals surface area (Å²) in [5.41, 5.74) is 6.12. The minimum atomic E-state index is -1.09. The molecule has 19 heavy (non-hydrogen) atoms. The van der Waals surface area contributed by atoms with E-state index in [0.29, 0.717) is 18.7 Å². The van der Waals surface area contributed by atoms with Gasteiger partial charge in [-0.3, -0.25) is 4.79 Å². The molecule has 1 heterocycles. The normalized spacial score (nSPS) is 16.5.